The van der Waals surface area contributed by atoms with Gasteiger partial charge in [-0.05, 0) is 35.7 Å². The maximum absolute atomic E-state index is 12.9. The molecule has 140 valence electrons. The molecule has 2 heterocycles. The van der Waals surface area contributed by atoms with Crippen molar-refractivity contribution >= 4 is 33.0 Å². The van der Waals surface area contributed by atoms with E-state index in [1.807, 2.05) is 24.3 Å². The van der Waals surface area contributed by atoms with Crippen molar-refractivity contribution in [3.63, 3.8) is 0 Å². The quantitative estimate of drug-likeness (QED) is 0.720. The lowest BCUT2D eigenvalue weighted by atomic mass is 10.2. The van der Waals surface area contributed by atoms with Crippen molar-refractivity contribution in [2.75, 3.05) is 45.3 Å². The van der Waals surface area contributed by atoms with Gasteiger partial charge in [-0.2, -0.15) is 4.31 Å². The molecule has 9 heteroatoms. The molecule has 0 atom stereocenters. The van der Waals surface area contributed by atoms with E-state index in [2.05, 4.69) is 9.64 Å². The molecular formula is C17H20N2O5S2. The second kappa shape index (κ2) is 7.65. The van der Waals surface area contributed by atoms with Gasteiger partial charge in [0.15, 0.2) is 0 Å². The predicted molar refractivity (Wildman–Crippen MR) is 99.6 cm³/mol. The third-order valence-electron chi connectivity index (χ3n) is 4.29. The first-order valence-corrected chi connectivity index (χ1v) is 10.3. The smallest absolute Gasteiger partial charge is 0.349 e. The van der Waals surface area contributed by atoms with E-state index in [1.165, 1.54) is 17.5 Å². The van der Waals surface area contributed by atoms with E-state index in [0.717, 1.165) is 22.8 Å². The van der Waals surface area contributed by atoms with Crippen LogP contribution >= 0.6 is 11.3 Å². The van der Waals surface area contributed by atoms with Gasteiger partial charge in [-0.15, -0.1) is 11.3 Å². The summed E-state index contributed by atoms with van der Waals surface area (Å²) >= 11 is 1.07. The van der Waals surface area contributed by atoms with Crippen molar-refractivity contribution in [2.45, 2.75) is 4.90 Å². The second-order valence-corrected chi connectivity index (χ2v) is 8.52. The zero-order chi connectivity index (χ0) is 18.7. The van der Waals surface area contributed by atoms with Gasteiger partial charge in [-0.25, -0.2) is 13.2 Å². The molecule has 3 rings (SSSR count). The third-order valence-corrected chi connectivity index (χ3v) is 7.26. The maximum atomic E-state index is 12.9. The number of hydrogen-bond acceptors (Lipinski definition) is 7. The van der Waals surface area contributed by atoms with Gasteiger partial charge < -0.3 is 14.4 Å². The molecular weight excluding hydrogens is 376 g/mol. The number of piperazine rings is 1. The first-order valence-electron chi connectivity index (χ1n) is 8.02. The van der Waals surface area contributed by atoms with E-state index in [1.54, 1.807) is 12.5 Å². The van der Waals surface area contributed by atoms with E-state index < -0.39 is 16.0 Å². The number of hydrogen-bond donors (Lipinski definition) is 0. The van der Waals surface area contributed by atoms with Gasteiger partial charge >= 0.3 is 5.97 Å². The Hall–Kier alpha value is -2.10. The van der Waals surface area contributed by atoms with Crippen LogP contribution in [-0.4, -0.2) is 59.1 Å². The van der Waals surface area contributed by atoms with Gasteiger partial charge in [0.25, 0.3) is 0 Å². The Morgan fingerprint density at radius 1 is 1.04 bits per heavy atom. The minimum Gasteiger partial charge on any atom is -0.497 e. The van der Waals surface area contributed by atoms with Crippen LogP contribution in [-0.2, 0) is 14.8 Å². The van der Waals surface area contributed by atoms with Gasteiger partial charge in [0.2, 0.25) is 10.0 Å². The minimum absolute atomic E-state index is 0.0206. The highest BCUT2D eigenvalue weighted by atomic mass is 32.2. The number of rotatable bonds is 5. The molecule has 2 aromatic rings. The zero-order valence-corrected chi connectivity index (χ0v) is 16.2. The highest BCUT2D eigenvalue weighted by Gasteiger charge is 2.32. The topological polar surface area (TPSA) is 76.2 Å². The molecule has 0 unspecified atom stereocenters. The average molecular weight is 396 g/mol. The number of thiophene rings is 1. The molecule has 1 aliphatic rings. The Labute approximate surface area is 156 Å². The Morgan fingerprint density at radius 2 is 1.69 bits per heavy atom. The molecule has 0 radical (unpaired) electrons. The fourth-order valence-electron chi connectivity index (χ4n) is 2.86. The van der Waals surface area contributed by atoms with Crippen LogP contribution in [0.1, 0.15) is 9.67 Å². The Balaban J connectivity index is 1.72. The second-order valence-electron chi connectivity index (χ2n) is 5.69. The summed E-state index contributed by atoms with van der Waals surface area (Å²) < 4.78 is 37.1. The van der Waals surface area contributed by atoms with Crippen molar-refractivity contribution in [1.82, 2.24) is 4.31 Å². The van der Waals surface area contributed by atoms with E-state index in [4.69, 9.17) is 4.74 Å². The first-order chi connectivity index (χ1) is 12.5. The Bertz CT molecular complexity index is 869. The molecule has 0 N–H and O–H groups in total. The van der Waals surface area contributed by atoms with E-state index >= 15 is 0 Å². The van der Waals surface area contributed by atoms with Crippen molar-refractivity contribution in [3.8, 4) is 5.75 Å². The van der Waals surface area contributed by atoms with Crippen LogP contribution in [0.4, 0.5) is 5.69 Å². The Kier molecular flexibility index (Phi) is 5.49. The number of methoxy groups -OCH3 is 2. The highest BCUT2D eigenvalue weighted by Crippen LogP contribution is 2.28. The van der Waals surface area contributed by atoms with Gasteiger partial charge in [0, 0.05) is 31.9 Å². The summed E-state index contributed by atoms with van der Waals surface area (Å²) in [4.78, 5) is 14.1. The number of sulfonamides is 1. The van der Waals surface area contributed by atoms with Crippen LogP contribution in [0.15, 0.2) is 40.6 Å². The standard InChI is InChI=1S/C17H20N2O5S2/c1-23-14-5-3-13(4-6-14)18-8-10-19(11-9-18)26(21,22)15-7-12-25-16(15)17(20)24-2/h3-7,12H,8-11H2,1-2H3. The van der Waals surface area contributed by atoms with Gasteiger partial charge in [0.1, 0.15) is 15.5 Å². The highest BCUT2D eigenvalue weighted by molar-refractivity contribution is 7.89. The fraction of sp³-hybridized carbons (Fsp3) is 0.353. The number of nitrogens with zero attached hydrogens (tertiary/aromatic N) is 2. The molecule has 0 aliphatic carbocycles. The summed E-state index contributed by atoms with van der Waals surface area (Å²) in [5.41, 5.74) is 1.02. The summed E-state index contributed by atoms with van der Waals surface area (Å²) in [6.07, 6.45) is 0. The largest absolute Gasteiger partial charge is 0.497 e. The van der Waals surface area contributed by atoms with Gasteiger partial charge in [-0.1, -0.05) is 0 Å². The summed E-state index contributed by atoms with van der Waals surface area (Å²) in [7, 11) is -0.866. The molecule has 1 saturated heterocycles. The molecule has 0 amide bonds. The van der Waals surface area contributed by atoms with Crippen LogP contribution in [0.25, 0.3) is 0 Å². The number of anilines is 1. The molecule has 0 spiro atoms. The maximum Gasteiger partial charge on any atom is 0.349 e. The number of benzene rings is 1. The Morgan fingerprint density at radius 3 is 2.27 bits per heavy atom. The molecule has 1 fully saturated rings. The molecule has 1 aromatic carbocycles. The monoisotopic (exact) mass is 396 g/mol. The van der Waals surface area contributed by atoms with E-state index in [0.29, 0.717) is 26.2 Å². The minimum atomic E-state index is -3.72. The molecule has 1 aromatic heterocycles. The molecule has 26 heavy (non-hydrogen) atoms. The molecule has 1 aliphatic heterocycles. The molecule has 7 nitrogen and oxygen atoms in total. The van der Waals surface area contributed by atoms with Gasteiger partial charge in [0.05, 0.1) is 14.2 Å². The summed E-state index contributed by atoms with van der Waals surface area (Å²) in [6, 6.07) is 9.13. The number of carbonyl (C=O) groups excluding carboxylic acids is 1. The van der Waals surface area contributed by atoms with E-state index in [-0.39, 0.29) is 9.77 Å². The lowest BCUT2D eigenvalue weighted by Gasteiger charge is -2.35. The lowest BCUT2D eigenvalue weighted by Crippen LogP contribution is -2.48. The summed E-state index contributed by atoms with van der Waals surface area (Å²) in [6.45, 7) is 1.85. The molecule has 0 saturated carbocycles. The van der Waals surface area contributed by atoms with E-state index in [9.17, 15) is 13.2 Å². The average Bonchev–Trinajstić information content (AvgIpc) is 3.18. The summed E-state index contributed by atoms with van der Waals surface area (Å²) in [5.74, 6) is 0.151. The number of ether oxygens (including phenoxy) is 2. The zero-order valence-electron chi connectivity index (χ0n) is 14.5. The van der Waals surface area contributed by atoms with Crippen LogP contribution < -0.4 is 9.64 Å². The number of esters is 1. The normalized spacial score (nSPS) is 15.7. The summed E-state index contributed by atoms with van der Waals surface area (Å²) in [5, 5.41) is 1.59. The van der Waals surface area contributed by atoms with Crippen LogP contribution in [0.3, 0.4) is 0 Å². The van der Waals surface area contributed by atoms with Crippen LogP contribution in [0.2, 0.25) is 0 Å². The van der Waals surface area contributed by atoms with Crippen LogP contribution in [0, 0.1) is 0 Å². The molecule has 0 bridgehead atoms. The number of carbonyl (C=O) groups is 1. The fourth-order valence-corrected chi connectivity index (χ4v) is 5.59. The third kappa shape index (κ3) is 3.55. The van der Waals surface area contributed by atoms with Crippen molar-refractivity contribution in [2.24, 2.45) is 0 Å². The van der Waals surface area contributed by atoms with Crippen molar-refractivity contribution in [3.05, 3.63) is 40.6 Å². The SMILES string of the molecule is COC(=O)c1sccc1S(=O)(=O)N1CCN(c2ccc(OC)cc2)CC1. The van der Waals surface area contributed by atoms with Crippen molar-refractivity contribution < 1.29 is 22.7 Å². The lowest BCUT2D eigenvalue weighted by molar-refractivity contribution is 0.0602. The predicted octanol–water partition coefficient (Wildman–Crippen LogP) is 2.05. The van der Waals surface area contributed by atoms with Crippen LogP contribution in [0.5, 0.6) is 5.75 Å². The first kappa shape index (κ1) is 18.7. The van der Waals surface area contributed by atoms with Crippen molar-refractivity contribution in [1.29, 1.82) is 0 Å². The van der Waals surface area contributed by atoms with Gasteiger partial charge in [-0.3, -0.25) is 0 Å².